The summed E-state index contributed by atoms with van der Waals surface area (Å²) in [5, 5.41) is 9.44. The predicted molar refractivity (Wildman–Crippen MR) is 114 cm³/mol. The van der Waals surface area contributed by atoms with Crippen LogP contribution in [-0.4, -0.2) is 30.4 Å². The SMILES string of the molecule is [C-]#[N+]c1c(N(C)CC(N)=O)nc(SC(C(N)=O)c2ccccc2)c(C#N)c1C1CC1. The number of nitriles is 1. The molecule has 3 rings (SSSR count). The molecule has 1 fully saturated rings. The lowest BCUT2D eigenvalue weighted by molar-refractivity contribution is -0.118. The summed E-state index contributed by atoms with van der Waals surface area (Å²) in [4.78, 5) is 33.3. The number of carbonyl (C=O) groups excluding carboxylic acids is 2. The Morgan fingerprint density at radius 3 is 2.53 bits per heavy atom. The van der Waals surface area contributed by atoms with Gasteiger partial charge >= 0.3 is 0 Å². The van der Waals surface area contributed by atoms with Crippen molar-refractivity contribution in [3.63, 3.8) is 0 Å². The fourth-order valence-corrected chi connectivity index (χ4v) is 4.28. The molecule has 4 N–H and O–H groups in total. The number of pyridine rings is 1. The predicted octanol–water partition coefficient (Wildman–Crippen LogP) is 2.62. The van der Waals surface area contributed by atoms with E-state index in [1.165, 1.54) is 4.90 Å². The number of primary amides is 2. The van der Waals surface area contributed by atoms with E-state index in [0.29, 0.717) is 16.2 Å². The molecule has 0 radical (unpaired) electrons. The van der Waals surface area contributed by atoms with Gasteiger partial charge in [0.1, 0.15) is 22.2 Å². The van der Waals surface area contributed by atoms with E-state index in [2.05, 4.69) is 15.9 Å². The Labute approximate surface area is 178 Å². The molecule has 1 saturated carbocycles. The maximum atomic E-state index is 12.2. The largest absolute Gasteiger partial charge is 0.368 e. The van der Waals surface area contributed by atoms with Crippen LogP contribution in [0.1, 0.15) is 40.7 Å². The molecule has 1 heterocycles. The Balaban J connectivity index is 2.17. The van der Waals surface area contributed by atoms with Crippen LogP contribution in [0.15, 0.2) is 35.4 Å². The van der Waals surface area contributed by atoms with Gasteiger partial charge in [-0.05, 0) is 29.9 Å². The van der Waals surface area contributed by atoms with Gasteiger partial charge < -0.3 is 16.4 Å². The molecule has 0 aliphatic heterocycles. The zero-order valence-electron chi connectivity index (χ0n) is 16.3. The van der Waals surface area contributed by atoms with Crippen LogP contribution >= 0.6 is 11.8 Å². The number of anilines is 1. The fourth-order valence-electron chi connectivity index (χ4n) is 3.24. The number of likely N-dealkylation sites (N-methyl/N-ethyl adjacent to an activating group) is 1. The zero-order valence-corrected chi connectivity index (χ0v) is 17.1. The monoisotopic (exact) mass is 420 g/mol. The van der Waals surface area contributed by atoms with E-state index in [1.54, 1.807) is 31.3 Å². The van der Waals surface area contributed by atoms with Crippen molar-refractivity contribution in [1.29, 1.82) is 5.26 Å². The second-order valence-electron chi connectivity index (χ2n) is 7.01. The molecular weight excluding hydrogens is 400 g/mol. The number of nitrogens with two attached hydrogens (primary N) is 2. The van der Waals surface area contributed by atoms with Crippen molar-refractivity contribution in [2.75, 3.05) is 18.5 Å². The van der Waals surface area contributed by atoms with Crippen LogP contribution in [0, 0.1) is 17.9 Å². The summed E-state index contributed by atoms with van der Waals surface area (Å²) in [7, 11) is 1.61. The van der Waals surface area contributed by atoms with Gasteiger partial charge in [0.05, 0.1) is 18.7 Å². The molecule has 1 aromatic heterocycles. The quantitative estimate of drug-likeness (QED) is 0.499. The van der Waals surface area contributed by atoms with Crippen molar-refractivity contribution >= 4 is 35.1 Å². The number of hydrogen-bond acceptors (Lipinski definition) is 6. The minimum atomic E-state index is -0.758. The molecule has 30 heavy (non-hydrogen) atoms. The van der Waals surface area contributed by atoms with Gasteiger partial charge in [-0.2, -0.15) is 5.26 Å². The summed E-state index contributed by atoms with van der Waals surface area (Å²) in [5.41, 5.74) is 12.8. The molecule has 1 aliphatic rings. The van der Waals surface area contributed by atoms with Gasteiger partial charge in [0.25, 0.3) is 0 Å². The van der Waals surface area contributed by atoms with Gasteiger partial charge in [0.2, 0.25) is 17.5 Å². The summed E-state index contributed by atoms with van der Waals surface area (Å²) < 4.78 is 0. The third-order valence-corrected chi connectivity index (χ3v) is 5.97. The van der Waals surface area contributed by atoms with Crippen molar-refractivity contribution < 1.29 is 9.59 Å². The van der Waals surface area contributed by atoms with E-state index >= 15 is 0 Å². The molecule has 1 atom stereocenters. The van der Waals surface area contributed by atoms with Crippen LogP contribution in [0.25, 0.3) is 4.85 Å². The second-order valence-corrected chi connectivity index (χ2v) is 8.10. The van der Waals surface area contributed by atoms with E-state index in [0.717, 1.165) is 24.6 Å². The van der Waals surface area contributed by atoms with Crippen molar-refractivity contribution in [2.45, 2.75) is 29.0 Å². The fraction of sp³-hybridized carbons (Fsp3) is 0.286. The number of aromatic nitrogens is 1. The van der Waals surface area contributed by atoms with Crippen molar-refractivity contribution in [3.05, 3.63) is 58.4 Å². The van der Waals surface area contributed by atoms with Gasteiger partial charge in [0.15, 0.2) is 0 Å². The standard InChI is InChI=1S/C21H20N6O2S/c1-25-17-16(12-8-9-12)14(10-22)21(26-20(17)27(2)11-15(23)28)30-18(19(24)29)13-6-4-3-5-7-13/h3-7,12,18H,8-9,11H2,2H3,(H2,23,28)(H2,24,29). The van der Waals surface area contributed by atoms with Crippen LogP contribution in [-0.2, 0) is 9.59 Å². The van der Waals surface area contributed by atoms with Crippen LogP contribution < -0.4 is 16.4 Å². The first-order chi connectivity index (χ1) is 14.4. The van der Waals surface area contributed by atoms with E-state index in [1.807, 2.05) is 6.07 Å². The number of hydrogen-bond donors (Lipinski definition) is 2. The van der Waals surface area contributed by atoms with E-state index in [9.17, 15) is 14.9 Å². The highest BCUT2D eigenvalue weighted by Crippen LogP contribution is 2.51. The number of amides is 2. The molecule has 1 unspecified atom stereocenters. The van der Waals surface area contributed by atoms with Gasteiger partial charge in [-0.25, -0.2) is 9.83 Å². The Hall–Kier alpha value is -3.56. The molecule has 2 aromatic rings. The van der Waals surface area contributed by atoms with Gasteiger partial charge in [-0.3, -0.25) is 9.59 Å². The van der Waals surface area contributed by atoms with Crippen molar-refractivity contribution in [3.8, 4) is 6.07 Å². The smallest absolute Gasteiger partial charge is 0.236 e. The van der Waals surface area contributed by atoms with Gasteiger partial charge in [0, 0.05) is 7.05 Å². The summed E-state index contributed by atoms with van der Waals surface area (Å²) >= 11 is 1.08. The Bertz CT molecular complexity index is 1070. The van der Waals surface area contributed by atoms with Gasteiger partial charge in [-0.1, -0.05) is 42.1 Å². The number of thioether (sulfide) groups is 1. The normalized spacial score (nSPS) is 13.7. The first-order valence-electron chi connectivity index (χ1n) is 9.23. The number of rotatable bonds is 8. The first kappa shape index (κ1) is 21.2. The minimum Gasteiger partial charge on any atom is -0.368 e. The maximum Gasteiger partial charge on any atom is 0.236 e. The lowest BCUT2D eigenvalue weighted by Gasteiger charge is -2.23. The Morgan fingerprint density at radius 1 is 1.37 bits per heavy atom. The van der Waals surface area contributed by atoms with Gasteiger partial charge in [-0.15, -0.1) is 0 Å². The molecule has 2 amide bonds. The maximum absolute atomic E-state index is 12.2. The van der Waals surface area contributed by atoms with Crippen molar-refractivity contribution in [2.24, 2.45) is 11.5 Å². The average Bonchev–Trinajstić information content (AvgIpc) is 3.55. The minimum absolute atomic E-state index is 0.0792. The topological polar surface area (TPSA) is 130 Å². The summed E-state index contributed by atoms with van der Waals surface area (Å²) in [5.74, 6) is -0.786. The van der Waals surface area contributed by atoms with Crippen LogP contribution in [0.5, 0.6) is 0 Å². The molecule has 0 spiro atoms. The third kappa shape index (κ3) is 4.37. The zero-order chi connectivity index (χ0) is 21.8. The molecule has 0 bridgehead atoms. The average molecular weight is 420 g/mol. The van der Waals surface area contributed by atoms with Crippen LogP contribution in [0.2, 0.25) is 0 Å². The molecule has 0 saturated heterocycles. The van der Waals surface area contributed by atoms with E-state index < -0.39 is 17.1 Å². The number of carbonyl (C=O) groups is 2. The van der Waals surface area contributed by atoms with Crippen LogP contribution in [0.4, 0.5) is 11.5 Å². The van der Waals surface area contributed by atoms with E-state index in [-0.39, 0.29) is 29.5 Å². The highest BCUT2D eigenvalue weighted by molar-refractivity contribution is 8.00. The Morgan fingerprint density at radius 2 is 2.03 bits per heavy atom. The lowest BCUT2D eigenvalue weighted by Crippen LogP contribution is -2.31. The summed E-state index contributed by atoms with van der Waals surface area (Å²) in [6.07, 6.45) is 1.73. The highest BCUT2D eigenvalue weighted by atomic mass is 32.2. The first-order valence-corrected chi connectivity index (χ1v) is 10.1. The Kier molecular flexibility index (Phi) is 6.24. The second kappa shape index (κ2) is 8.85. The van der Waals surface area contributed by atoms with Crippen molar-refractivity contribution in [1.82, 2.24) is 4.98 Å². The van der Waals surface area contributed by atoms with E-state index in [4.69, 9.17) is 18.0 Å². The number of nitrogens with zero attached hydrogens (tertiary/aromatic N) is 4. The lowest BCUT2D eigenvalue weighted by atomic mass is 10.0. The third-order valence-electron chi connectivity index (χ3n) is 4.71. The molecule has 8 nitrogen and oxygen atoms in total. The summed E-state index contributed by atoms with van der Waals surface area (Å²) in [6, 6.07) is 11.2. The van der Waals surface area contributed by atoms with Crippen LogP contribution in [0.3, 0.4) is 0 Å². The molecule has 152 valence electrons. The number of benzene rings is 1. The molecule has 9 heteroatoms. The highest BCUT2D eigenvalue weighted by Gasteiger charge is 2.35. The summed E-state index contributed by atoms with van der Waals surface area (Å²) in [6.45, 7) is 7.53. The molecule has 1 aromatic carbocycles. The molecule has 1 aliphatic carbocycles. The molecular formula is C21H20N6O2S.